The van der Waals surface area contributed by atoms with Crippen molar-refractivity contribution in [1.82, 2.24) is 19.2 Å². The van der Waals surface area contributed by atoms with Crippen molar-refractivity contribution in [3.8, 4) is 0 Å². The zero-order valence-corrected chi connectivity index (χ0v) is 16.6. The summed E-state index contributed by atoms with van der Waals surface area (Å²) in [6, 6.07) is 9.99. The molecule has 0 unspecified atom stereocenters. The van der Waals surface area contributed by atoms with Crippen LogP contribution < -0.4 is 11.3 Å². The SMILES string of the molecule is NC(=O)CN1CCN(C(=O)c2cnc3sc(Cc4ccccc4)cn3c2=O)CC1. The van der Waals surface area contributed by atoms with E-state index in [0.29, 0.717) is 37.6 Å². The number of thiazole rings is 1. The van der Waals surface area contributed by atoms with Gasteiger partial charge >= 0.3 is 0 Å². The fourth-order valence-corrected chi connectivity index (χ4v) is 4.43. The van der Waals surface area contributed by atoms with Crippen LogP contribution in [0.2, 0.25) is 0 Å². The predicted octanol–water partition coefficient (Wildman–Crippen LogP) is 0.590. The quantitative estimate of drug-likeness (QED) is 0.662. The molecule has 8 nitrogen and oxygen atoms in total. The number of hydrogen-bond donors (Lipinski definition) is 1. The van der Waals surface area contributed by atoms with E-state index in [-0.39, 0.29) is 29.5 Å². The van der Waals surface area contributed by atoms with Gasteiger partial charge in [0, 0.05) is 49.9 Å². The average Bonchev–Trinajstić information content (AvgIpc) is 3.12. The molecule has 1 aliphatic rings. The van der Waals surface area contributed by atoms with Crippen molar-refractivity contribution < 1.29 is 9.59 Å². The van der Waals surface area contributed by atoms with Crippen molar-refractivity contribution in [2.45, 2.75) is 6.42 Å². The molecule has 1 aromatic carbocycles. The van der Waals surface area contributed by atoms with Crippen LogP contribution in [0.4, 0.5) is 0 Å². The van der Waals surface area contributed by atoms with Crippen molar-refractivity contribution in [2.75, 3.05) is 32.7 Å². The Morgan fingerprint density at radius 2 is 1.83 bits per heavy atom. The van der Waals surface area contributed by atoms with Gasteiger partial charge in [0.1, 0.15) is 5.56 Å². The average molecular weight is 411 g/mol. The van der Waals surface area contributed by atoms with E-state index < -0.39 is 0 Å². The van der Waals surface area contributed by atoms with Crippen LogP contribution in [0.25, 0.3) is 4.96 Å². The van der Waals surface area contributed by atoms with E-state index >= 15 is 0 Å². The summed E-state index contributed by atoms with van der Waals surface area (Å²) >= 11 is 1.44. The Morgan fingerprint density at radius 1 is 1.10 bits per heavy atom. The van der Waals surface area contributed by atoms with E-state index in [4.69, 9.17) is 5.73 Å². The summed E-state index contributed by atoms with van der Waals surface area (Å²) in [6.45, 7) is 2.16. The highest BCUT2D eigenvalue weighted by Crippen LogP contribution is 2.19. The first-order valence-corrected chi connectivity index (χ1v) is 10.2. The molecule has 1 aliphatic heterocycles. The van der Waals surface area contributed by atoms with Crippen LogP contribution in [0.15, 0.2) is 47.5 Å². The second-order valence-corrected chi connectivity index (χ2v) is 8.12. The van der Waals surface area contributed by atoms with Gasteiger partial charge in [0.2, 0.25) is 5.91 Å². The summed E-state index contributed by atoms with van der Waals surface area (Å²) in [7, 11) is 0. The minimum atomic E-state index is -0.388. The summed E-state index contributed by atoms with van der Waals surface area (Å²) < 4.78 is 1.46. The van der Waals surface area contributed by atoms with Gasteiger partial charge in [-0.3, -0.25) is 23.7 Å². The van der Waals surface area contributed by atoms with Crippen LogP contribution in [-0.2, 0) is 11.2 Å². The number of nitrogens with zero attached hydrogens (tertiary/aromatic N) is 4. The second kappa shape index (κ2) is 8.14. The maximum atomic E-state index is 12.9. The van der Waals surface area contributed by atoms with Gasteiger partial charge in [-0.2, -0.15) is 0 Å². The summed E-state index contributed by atoms with van der Waals surface area (Å²) in [6.07, 6.45) is 3.85. The fourth-order valence-electron chi connectivity index (χ4n) is 3.46. The molecule has 0 aliphatic carbocycles. The second-order valence-electron chi connectivity index (χ2n) is 7.02. The van der Waals surface area contributed by atoms with Crippen molar-refractivity contribution in [1.29, 1.82) is 0 Å². The summed E-state index contributed by atoms with van der Waals surface area (Å²) in [5, 5.41) is 0. The van der Waals surface area contributed by atoms with Crippen molar-refractivity contribution in [2.24, 2.45) is 5.73 Å². The zero-order valence-electron chi connectivity index (χ0n) is 15.8. The Kier molecular flexibility index (Phi) is 5.41. The number of carbonyl (C=O) groups is 2. The zero-order chi connectivity index (χ0) is 20.4. The third kappa shape index (κ3) is 4.20. The van der Waals surface area contributed by atoms with E-state index in [1.54, 1.807) is 11.1 Å². The first-order chi connectivity index (χ1) is 14.0. The van der Waals surface area contributed by atoms with Gasteiger partial charge in [-0.05, 0) is 5.56 Å². The van der Waals surface area contributed by atoms with Gasteiger partial charge in [-0.25, -0.2) is 4.98 Å². The molecule has 3 heterocycles. The minimum absolute atomic E-state index is 0.0647. The van der Waals surface area contributed by atoms with Crippen LogP contribution in [-0.4, -0.2) is 63.7 Å². The fraction of sp³-hybridized carbons (Fsp3) is 0.300. The molecule has 4 rings (SSSR count). The van der Waals surface area contributed by atoms with E-state index in [9.17, 15) is 14.4 Å². The number of benzene rings is 1. The molecule has 9 heteroatoms. The molecular weight excluding hydrogens is 390 g/mol. The number of piperazine rings is 1. The first kappa shape index (κ1) is 19.3. The molecule has 2 amide bonds. The van der Waals surface area contributed by atoms with Crippen LogP contribution in [0.5, 0.6) is 0 Å². The molecule has 2 aromatic heterocycles. The van der Waals surface area contributed by atoms with Gasteiger partial charge in [0.15, 0.2) is 4.96 Å². The smallest absolute Gasteiger partial charge is 0.271 e. The van der Waals surface area contributed by atoms with Crippen LogP contribution in [0.1, 0.15) is 20.8 Å². The summed E-state index contributed by atoms with van der Waals surface area (Å²) in [5.41, 5.74) is 6.08. The standard InChI is InChI=1S/C20H21N5O3S/c21-17(26)13-23-6-8-24(9-7-23)18(27)16-11-22-20-25(19(16)28)12-15(29-20)10-14-4-2-1-3-5-14/h1-5,11-12H,6-10,13H2,(H2,21,26). The Labute approximate surface area is 171 Å². The van der Waals surface area contributed by atoms with E-state index in [0.717, 1.165) is 10.4 Å². The first-order valence-electron chi connectivity index (χ1n) is 9.35. The van der Waals surface area contributed by atoms with Crippen LogP contribution in [0.3, 0.4) is 0 Å². The number of hydrogen-bond acceptors (Lipinski definition) is 6. The topological polar surface area (TPSA) is 101 Å². The van der Waals surface area contributed by atoms with Gasteiger partial charge in [-0.15, -0.1) is 11.3 Å². The van der Waals surface area contributed by atoms with Crippen LogP contribution in [0, 0.1) is 0 Å². The highest BCUT2D eigenvalue weighted by molar-refractivity contribution is 7.17. The van der Waals surface area contributed by atoms with Gasteiger partial charge in [0.25, 0.3) is 11.5 Å². The Balaban J connectivity index is 1.52. The molecular formula is C20H21N5O3S. The Bertz CT molecular complexity index is 1100. The maximum absolute atomic E-state index is 12.9. The number of nitrogens with two attached hydrogens (primary N) is 1. The highest BCUT2D eigenvalue weighted by atomic mass is 32.1. The molecule has 29 heavy (non-hydrogen) atoms. The molecule has 0 bridgehead atoms. The van der Waals surface area contributed by atoms with Crippen LogP contribution >= 0.6 is 11.3 Å². The van der Waals surface area contributed by atoms with E-state index in [1.165, 1.54) is 21.9 Å². The lowest BCUT2D eigenvalue weighted by Crippen LogP contribution is -2.51. The lowest BCUT2D eigenvalue weighted by Gasteiger charge is -2.33. The molecule has 0 saturated carbocycles. The Morgan fingerprint density at radius 3 is 2.52 bits per heavy atom. The molecule has 3 aromatic rings. The Hall–Kier alpha value is -3.04. The minimum Gasteiger partial charge on any atom is -0.369 e. The number of amides is 2. The lowest BCUT2D eigenvalue weighted by molar-refractivity contribution is -0.119. The van der Waals surface area contributed by atoms with Crippen molar-refractivity contribution in [3.05, 3.63) is 69.1 Å². The molecule has 0 spiro atoms. The van der Waals surface area contributed by atoms with Gasteiger partial charge < -0.3 is 10.6 Å². The van der Waals surface area contributed by atoms with E-state index in [2.05, 4.69) is 4.98 Å². The molecule has 1 fully saturated rings. The third-order valence-corrected chi connectivity index (χ3v) is 5.94. The lowest BCUT2D eigenvalue weighted by atomic mass is 10.1. The monoisotopic (exact) mass is 411 g/mol. The predicted molar refractivity (Wildman–Crippen MR) is 110 cm³/mol. The normalized spacial score (nSPS) is 15.0. The van der Waals surface area contributed by atoms with Crippen molar-refractivity contribution in [3.63, 3.8) is 0 Å². The molecule has 150 valence electrons. The van der Waals surface area contributed by atoms with Crippen molar-refractivity contribution >= 4 is 28.1 Å². The highest BCUT2D eigenvalue weighted by Gasteiger charge is 2.25. The summed E-state index contributed by atoms with van der Waals surface area (Å²) in [5.74, 6) is -0.715. The number of rotatable bonds is 5. The number of primary amides is 1. The molecule has 1 saturated heterocycles. The largest absolute Gasteiger partial charge is 0.369 e. The number of aromatic nitrogens is 2. The molecule has 0 atom stereocenters. The van der Waals surface area contributed by atoms with Gasteiger partial charge in [0.05, 0.1) is 6.54 Å². The van der Waals surface area contributed by atoms with E-state index in [1.807, 2.05) is 35.2 Å². The molecule has 2 N–H and O–H groups in total. The summed E-state index contributed by atoms with van der Waals surface area (Å²) in [4.78, 5) is 46.2. The third-order valence-electron chi connectivity index (χ3n) is 4.95. The molecule has 0 radical (unpaired) electrons. The maximum Gasteiger partial charge on any atom is 0.271 e. The van der Waals surface area contributed by atoms with Gasteiger partial charge in [-0.1, -0.05) is 30.3 Å². The number of fused-ring (bicyclic) bond motifs is 1. The number of carbonyl (C=O) groups excluding carboxylic acids is 2.